The molecule has 0 bridgehead atoms. The molecule has 0 amide bonds. The van der Waals surface area contributed by atoms with Crippen LogP contribution in [0.2, 0.25) is 0 Å². The molecule has 152 valence electrons. The van der Waals surface area contributed by atoms with Gasteiger partial charge in [0.2, 0.25) is 5.52 Å². The first kappa shape index (κ1) is 18.9. The zero-order valence-corrected chi connectivity index (χ0v) is 17.2. The van der Waals surface area contributed by atoms with Gasteiger partial charge < -0.3 is 5.32 Å². The molecule has 1 N–H and O–H groups in total. The van der Waals surface area contributed by atoms with Crippen LogP contribution in [0.5, 0.6) is 0 Å². The highest BCUT2D eigenvalue weighted by molar-refractivity contribution is 6.03. The summed E-state index contributed by atoms with van der Waals surface area (Å²) in [5, 5.41) is 4.49. The summed E-state index contributed by atoms with van der Waals surface area (Å²) < 4.78 is 30.0. The number of rotatable bonds is 1. The number of nitrogens with one attached hydrogen (secondary N) is 1. The summed E-state index contributed by atoms with van der Waals surface area (Å²) in [5.41, 5.74) is 4.86. The van der Waals surface area contributed by atoms with Crippen molar-refractivity contribution in [2.75, 3.05) is 5.32 Å². The van der Waals surface area contributed by atoms with E-state index in [-0.39, 0.29) is 11.2 Å². The Labute approximate surface area is 174 Å². The fourth-order valence-corrected chi connectivity index (χ4v) is 4.99. The molecule has 1 aromatic heterocycles. The summed E-state index contributed by atoms with van der Waals surface area (Å²) in [6.45, 7) is 4.16. The van der Waals surface area contributed by atoms with E-state index in [1.165, 1.54) is 6.07 Å². The van der Waals surface area contributed by atoms with Crippen molar-refractivity contribution in [1.29, 1.82) is 0 Å². The Hall–Kier alpha value is -3.08. The number of halogens is 2. The van der Waals surface area contributed by atoms with Crippen molar-refractivity contribution >= 4 is 22.4 Å². The first-order valence-corrected chi connectivity index (χ1v) is 10.1. The molecule has 1 aliphatic carbocycles. The molecule has 5 heteroatoms. The number of pyridine rings is 1. The van der Waals surface area contributed by atoms with Crippen LogP contribution in [0.1, 0.15) is 43.7 Å². The molecule has 2 aromatic carbocycles. The fraction of sp³-hybridized carbons (Fsp3) is 0.280. The lowest BCUT2D eigenvalue weighted by molar-refractivity contribution is -0.644. The van der Waals surface area contributed by atoms with Crippen LogP contribution < -0.4 is 9.88 Å². The zero-order chi connectivity index (χ0) is 21.2. The number of nitrogens with zero attached hydrogens (tertiary/aromatic N) is 1. The number of carbonyl (C=O) groups is 1. The van der Waals surface area contributed by atoms with Gasteiger partial charge in [-0.25, -0.2) is 13.3 Å². The van der Waals surface area contributed by atoms with Gasteiger partial charge in [0.05, 0.1) is 5.39 Å². The second-order valence-electron chi connectivity index (χ2n) is 9.14. The molecule has 0 radical (unpaired) electrons. The van der Waals surface area contributed by atoms with Gasteiger partial charge in [0.25, 0.3) is 0 Å². The molecule has 0 spiro atoms. The van der Waals surface area contributed by atoms with E-state index in [1.807, 2.05) is 42.1 Å². The molecule has 0 saturated heterocycles. The molecule has 1 atom stereocenters. The lowest BCUT2D eigenvalue weighted by Crippen LogP contribution is -2.34. The van der Waals surface area contributed by atoms with Crippen LogP contribution in [-0.4, -0.2) is 5.78 Å². The predicted molar refractivity (Wildman–Crippen MR) is 112 cm³/mol. The van der Waals surface area contributed by atoms with E-state index in [0.717, 1.165) is 40.3 Å². The van der Waals surface area contributed by atoms with Crippen LogP contribution in [-0.2, 0) is 11.8 Å². The number of fused-ring (bicyclic) bond motifs is 3. The van der Waals surface area contributed by atoms with Gasteiger partial charge in [-0.15, -0.1) is 0 Å². The maximum Gasteiger partial charge on any atom is 0.212 e. The molecule has 30 heavy (non-hydrogen) atoms. The van der Waals surface area contributed by atoms with E-state index >= 15 is 0 Å². The van der Waals surface area contributed by atoms with Crippen molar-refractivity contribution in [3.63, 3.8) is 0 Å². The number of hydrogen-bond acceptors (Lipinski definition) is 2. The number of anilines is 1. The van der Waals surface area contributed by atoms with E-state index < -0.39 is 17.6 Å². The number of hydrogen-bond donors (Lipinski definition) is 1. The highest BCUT2D eigenvalue weighted by atomic mass is 19.2. The van der Waals surface area contributed by atoms with Gasteiger partial charge in [0.15, 0.2) is 23.6 Å². The zero-order valence-electron chi connectivity index (χ0n) is 17.2. The Balaban J connectivity index is 1.84. The molecule has 0 saturated carbocycles. The number of aromatic nitrogens is 1. The normalized spacial score (nSPS) is 20.0. The van der Waals surface area contributed by atoms with Crippen LogP contribution in [0.15, 0.2) is 59.9 Å². The predicted octanol–water partition coefficient (Wildman–Crippen LogP) is 5.14. The van der Waals surface area contributed by atoms with Gasteiger partial charge in [0, 0.05) is 47.0 Å². The van der Waals surface area contributed by atoms with Crippen LogP contribution in [0.4, 0.5) is 14.5 Å². The summed E-state index contributed by atoms with van der Waals surface area (Å²) in [7, 11) is 1.97. The van der Waals surface area contributed by atoms with Crippen molar-refractivity contribution in [1.82, 2.24) is 0 Å². The second-order valence-corrected chi connectivity index (χ2v) is 9.14. The smallest absolute Gasteiger partial charge is 0.212 e. The Kier molecular flexibility index (Phi) is 4.07. The summed E-state index contributed by atoms with van der Waals surface area (Å²) in [5.74, 6) is -2.17. The Morgan fingerprint density at radius 1 is 1.07 bits per heavy atom. The van der Waals surface area contributed by atoms with E-state index in [4.69, 9.17) is 0 Å². The van der Waals surface area contributed by atoms with Gasteiger partial charge in [0.1, 0.15) is 7.05 Å². The average Bonchev–Trinajstić information content (AvgIpc) is 2.67. The monoisotopic (exact) mass is 405 g/mol. The Bertz CT molecular complexity index is 1260. The maximum absolute atomic E-state index is 14.2. The number of benzene rings is 2. The lowest BCUT2D eigenvalue weighted by Gasteiger charge is -2.39. The van der Waals surface area contributed by atoms with Gasteiger partial charge in [-0.1, -0.05) is 19.9 Å². The van der Waals surface area contributed by atoms with Gasteiger partial charge >= 0.3 is 0 Å². The summed E-state index contributed by atoms with van der Waals surface area (Å²) >= 11 is 0. The minimum Gasteiger partial charge on any atom is -0.358 e. The van der Waals surface area contributed by atoms with Crippen LogP contribution in [0, 0.1) is 17.0 Å². The lowest BCUT2D eigenvalue weighted by atomic mass is 9.68. The molecular formula is C25H23F2N2O+. The van der Waals surface area contributed by atoms with Crippen molar-refractivity contribution < 1.29 is 18.1 Å². The van der Waals surface area contributed by atoms with Crippen molar-refractivity contribution in [3.05, 3.63) is 82.7 Å². The minimum atomic E-state index is -0.899. The molecule has 2 aliphatic rings. The number of aryl methyl sites for hydroxylation is 1. The topological polar surface area (TPSA) is 33.0 Å². The molecule has 1 aliphatic heterocycles. The van der Waals surface area contributed by atoms with Crippen molar-refractivity contribution in [2.45, 2.75) is 32.6 Å². The van der Waals surface area contributed by atoms with Crippen LogP contribution >= 0.6 is 0 Å². The number of ketones is 1. The van der Waals surface area contributed by atoms with Gasteiger partial charge in [-0.2, -0.15) is 0 Å². The highest BCUT2D eigenvalue weighted by Crippen LogP contribution is 2.50. The largest absolute Gasteiger partial charge is 0.358 e. The van der Waals surface area contributed by atoms with Crippen molar-refractivity contribution in [3.8, 4) is 0 Å². The Morgan fingerprint density at radius 3 is 2.63 bits per heavy atom. The third kappa shape index (κ3) is 2.83. The molecule has 3 nitrogen and oxygen atoms in total. The molecule has 0 fully saturated rings. The molecule has 2 heterocycles. The average molecular weight is 405 g/mol. The summed E-state index contributed by atoms with van der Waals surface area (Å²) in [6, 6.07) is 12.0. The Morgan fingerprint density at radius 2 is 1.87 bits per heavy atom. The number of Topliss-reactive ketones (excluding diaryl/α,β-unsaturated/α-hetero) is 1. The highest BCUT2D eigenvalue weighted by Gasteiger charge is 2.41. The SMILES string of the molecule is C[n+]1cccc2c3c(ccc21)NC1=C(C(=O)CC(C)(C)C1)C3c1ccc(F)c(F)c1. The molecule has 3 aromatic rings. The summed E-state index contributed by atoms with van der Waals surface area (Å²) in [6.07, 6.45) is 3.13. The van der Waals surface area contributed by atoms with E-state index in [1.54, 1.807) is 6.07 Å². The van der Waals surface area contributed by atoms with Crippen molar-refractivity contribution in [2.24, 2.45) is 12.5 Å². The van der Waals surface area contributed by atoms with E-state index in [0.29, 0.717) is 17.6 Å². The summed E-state index contributed by atoms with van der Waals surface area (Å²) in [4.78, 5) is 13.3. The third-order valence-electron chi connectivity index (χ3n) is 6.28. The number of allylic oxidation sites excluding steroid dienone is 2. The van der Waals surface area contributed by atoms with Crippen LogP contribution in [0.3, 0.4) is 0 Å². The van der Waals surface area contributed by atoms with E-state index in [9.17, 15) is 13.6 Å². The quantitative estimate of drug-likeness (QED) is 0.569. The first-order valence-electron chi connectivity index (χ1n) is 10.1. The molecule has 5 rings (SSSR count). The van der Waals surface area contributed by atoms with Gasteiger partial charge in [-0.3, -0.25) is 4.79 Å². The third-order valence-corrected chi connectivity index (χ3v) is 6.28. The maximum atomic E-state index is 14.2. The molecule has 1 unspecified atom stereocenters. The van der Waals surface area contributed by atoms with Gasteiger partial charge in [-0.05, 0) is 41.7 Å². The first-order chi connectivity index (χ1) is 14.2. The fourth-order valence-electron chi connectivity index (χ4n) is 4.99. The standard InChI is InChI=1S/C25H22F2N2O/c1-25(2)12-19-24(21(30)13-25)22(14-6-7-16(26)17(27)11-14)23-15-5-4-10-29(3)20(15)9-8-18(23)28-19/h4-11,22H,12-13H2,1-3H3/p+1. The molecular weight excluding hydrogens is 382 g/mol. The van der Waals surface area contributed by atoms with E-state index in [2.05, 4.69) is 19.2 Å². The van der Waals surface area contributed by atoms with Crippen LogP contribution in [0.25, 0.3) is 10.9 Å². The minimum absolute atomic E-state index is 0.0615. The number of carbonyl (C=O) groups excluding carboxylic acids is 1. The second kappa shape index (κ2) is 6.46.